The van der Waals surface area contributed by atoms with E-state index in [1.165, 1.54) is 18.7 Å². The van der Waals surface area contributed by atoms with E-state index in [9.17, 15) is 38.8 Å². The zero-order valence-corrected chi connectivity index (χ0v) is 26.6. The topological polar surface area (TPSA) is 257 Å². The highest BCUT2D eigenvalue weighted by atomic mass is 32.7. The third-order valence-electron chi connectivity index (χ3n) is 6.64. The van der Waals surface area contributed by atoms with Gasteiger partial charge in [-0.05, 0) is 26.4 Å². The lowest BCUT2D eigenvalue weighted by molar-refractivity contribution is -0.287. The Kier molecular flexibility index (Phi) is 12.2. The van der Waals surface area contributed by atoms with Crippen LogP contribution in [0.25, 0.3) is 0 Å². The Labute approximate surface area is 255 Å². The van der Waals surface area contributed by atoms with Crippen LogP contribution in [0.4, 0.5) is 10.2 Å². The van der Waals surface area contributed by atoms with Gasteiger partial charge in [0.15, 0.2) is 12.5 Å². The minimum absolute atomic E-state index is 0.112. The maximum Gasteiger partial charge on any atom is 0.482 e. The van der Waals surface area contributed by atoms with E-state index in [1.54, 1.807) is 19.0 Å². The number of thiol groups is 1. The summed E-state index contributed by atoms with van der Waals surface area (Å²) >= 11 is 4.80. The van der Waals surface area contributed by atoms with E-state index in [4.69, 9.17) is 24.8 Å². The fourth-order valence-electron chi connectivity index (χ4n) is 4.87. The average Bonchev–Trinajstić information content (AvgIpc) is 3.17. The summed E-state index contributed by atoms with van der Waals surface area (Å²) in [7, 11) is -2.24. The van der Waals surface area contributed by atoms with Crippen LogP contribution in [0.2, 0.25) is 0 Å². The molecule has 22 heteroatoms. The first-order valence-electron chi connectivity index (χ1n) is 12.4. The molecule has 2 aliphatic rings. The van der Waals surface area contributed by atoms with Crippen LogP contribution in [0, 0.1) is 0 Å². The summed E-state index contributed by atoms with van der Waals surface area (Å²) in [6, 6.07) is -0.836. The number of nitrogens with two attached hydrogens (primary N) is 1. The molecule has 3 heterocycles. The summed E-state index contributed by atoms with van der Waals surface area (Å²) in [5.74, 6) is 0.112. The molecular weight excluding hydrogens is 661 g/mol. The third kappa shape index (κ3) is 8.34. The van der Waals surface area contributed by atoms with Gasteiger partial charge < -0.3 is 50.5 Å². The van der Waals surface area contributed by atoms with E-state index in [1.807, 2.05) is 0 Å². The second-order valence-corrected chi connectivity index (χ2v) is 15.4. The largest absolute Gasteiger partial charge is 0.482 e. The molecule has 0 spiro atoms. The van der Waals surface area contributed by atoms with Crippen LogP contribution in [0.1, 0.15) is 18.7 Å². The van der Waals surface area contributed by atoms with Crippen LogP contribution < -0.4 is 5.73 Å². The zero-order chi connectivity index (χ0) is 32.5. The number of ether oxygens (including phenoxy) is 2. The van der Waals surface area contributed by atoms with Crippen molar-refractivity contribution in [2.24, 2.45) is 0 Å². The van der Waals surface area contributed by atoms with Gasteiger partial charge in [-0.1, -0.05) is 30.6 Å². The molecule has 43 heavy (non-hydrogen) atoms. The number of aliphatic hydroxyl groups is 5. The summed E-state index contributed by atoms with van der Waals surface area (Å²) in [5, 5.41) is 52.0. The van der Waals surface area contributed by atoms with E-state index >= 15 is 0 Å². The minimum atomic E-state index is -5.50. The number of nitrogen functional groups attached to an aromatic ring is 1. The summed E-state index contributed by atoms with van der Waals surface area (Å²) < 4.78 is 64.9. The van der Waals surface area contributed by atoms with Gasteiger partial charge in [0.25, 0.3) is 0 Å². The van der Waals surface area contributed by atoms with Crippen LogP contribution in [-0.4, -0.2) is 127 Å². The molecule has 2 saturated heterocycles. The molecule has 1 aromatic rings. The Morgan fingerprint density at radius 1 is 1.28 bits per heavy atom. The van der Waals surface area contributed by atoms with E-state index in [0.29, 0.717) is 4.90 Å². The van der Waals surface area contributed by atoms with Crippen molar-refractivity contribution in [1.29, 1.82) is 0 Å². The van der Waals surface area contributed by atoms with Crippen molar-refractivity contribution in [2.75, 3.05) is 33.0 Å². The van der Waals surface area contributed by atoms with E-state index in [0.717, 1.165) is 11.8 Å². The number of aliphatic hydroxyl groups excluding tert-OH is 4. The summed E-state index contributed by atoms with van der Waals surface area (Å²) in [6.45, 7) is -1.44. The fourth-order valence-corrected chi connectivity index (χ4v) is 8.68. The van der Waals surface area contributed by atoms with Crippen molar-refractivity contribution in [3.8, 4) is 0 Å². The third-order valence-corrected chi connectivity index (χ3v) is 11.1. The monoisotopic (exact) mass is 696 g/mol. The van der Waals surface area contributed by atoms with Gasteiger partial charge in [0, 0.05) is 0 Å². The number of phosphoric ester groups is 1. The van der Waals surface area contributed by atoms with Crippen LogP contribution in [0.15, 0.2) is 23.2 Å². The number of halogens is 1. The molecule has 246 valence electrons. The van der Waals surface area contributed by atoms with Gasteiger partial charge in [-0.15, -0.1) is 0 Å². The number of likely N-dealkylation sites (N-methyl/N-ethyl adjacent to an activating group) is 1. The first kappa shape index (κ1) is 36.7. The highest BCUT2D eigenvalue weighted by Gasteiger charge is 2.56. The van der Waals surface area contributed by atoms with Crippen molar-refractivity contribution < 1.29 is 66.8 Å². The lowest BCUT2D eigenvalue weighted by Crippen LogP contribution is -2.60. The smallest absolute Gasteiger partial charge is 0.393 e. The molecule has 12 atom stereocenters. The maximum absolute atomic E-state index is 14.0. The van der Waals surface area contributed by atoms with E-state index < -0.39 is 88.6 Å². The first-order chi connectivity index (χ1) is 19.9. The molecule has 8 unspecified atom stereocenters. The molecule has 0 aliphatic carbocycles. The van der Waals surface area contributed by atoms with Crippen LogP contribution in [-0.2, 0) is 32.0 Å². The zero-order valence-electron chi connectivity index (χ0n) is 23.1. The predicted octanol–water partition coefficient (Wildman–Crippen LogP) is -0.258. The van der Waals surface area contributed by atoms with Crippen LogP contribution >= 0.6 is 38.6 Å². The molecule has 0 bridgehead atoms. The van der Waals surface area contributed by atoms with Crippen LogP contribution in [0.3, 0.4) is 0 Å². The number of rotatable bonds is 13. The molecule has 8 N–H and O–H groups in total. The van der Waals surface area contributed by atoms with Gasteiger partial charge in [-0.25, -0.2) is 23.5 Å². The highest BCUT2D eigenvalue weighted by Crippen LogP contribution is 2.66. The predicted molar refractivity (Wildman–Crippen MR) is 151 cm³/mol. The number of hydrogen-bond acceptors (Lipinski definition) is 17. The Morgan fingerprint density at radius 3 is 2.51 bits per heavy atom. The number of phosphoric acid groups is 1. The second kappa shape index (κ2) is 14.3. The van der Waals surface area contributed by atoms with E-state index in [-0.39, 0.29) is 11.5 Å². The molecule has 0 aromatic carbocycles. The van der Waals surface area contributed by atoms with Gasteiger partial charge in [0.2, 0.25) is 0 Å². The lowest BCUT2D eigenvalue weighted by atomic mass is 9.88. The Morgan fingerprint density at radius 2 is 1.93 bits per heavy atom. The molecular formula is C21H35FN4O13P2S2. The Hall–Kier alpha value is -0.770. The maximum atomic E-state index is 14.0. The molecule has 3 rings (SSSR count). The van der Waals surface area contributed by atoms with Crippen molar-refractivity contribution in [3.05, 3.63) is 24.0 Å². The molecule has 2 aliphatic heterocycles. The fraction of sp³-hybridized carbons (Fsp3) is 0.714. The normalized spacial score (nSPS) is 36.7. The number of thioether (sulfide) groups is 1. The minimum Gasteiger partial charge on any atom is -0.393 e. The standard InChI is InChI=1S/C21H35FN4O13P2S2/c1-5-43-16-11(24-8-25-19(16)23)18-21(2,31)17(26(3)4)10(36-18)7-35-41(34,42)39-40(32,33)38-20-14(30)12(28)13(29)15(37-20)9(22)6-27/h5,8-10,12-15,17-18,20,27-31H,1,6-7H2,2-4H3,(H,32,33)(H,34,42)(H2,23,24,25)/t9-,10+,12?,13?,14?,15?,17+,18?,20?,21+,41?/m0/s1. The summed E-state index contributed by atoms with van der Waals surface area (Å²) in [5.41, 5.74) is 4.58. The molecule has 1 aromatic heterocycles. The summed E-state index contributed by atoms with van der Waals surface area (Å²) in [6.07, 6.45) is -13.8. The molecule has 0 radical (unpaired) electrons. The summed E-state index contributed by atoms with van der Waals surface area (Å²) in [4.78, 5) is 20.3. The first-order valence-corrected chi connectivity index (χ1v) is 17.5. The van der Waals surface area contributed by atoms with Gasteiger partial charge in [-0.2, -0.15) is 4.31 Å². The van der Waals surface area contributed by atoms with Crippen molar-refractivity contribution in [3.63, 3.8) is 0 Å². The number of hydrogen-bond donors (Lipinski definition) is 8. The SMILES string of the molecule is C=CSc1c(N)ncnc1C1O[C@H](COP(=O)(S)OP(=O)(O)OC2OC([C@@H](F)CO)C(O)C(O)C2O)[C@@H](N(C)C)[C@@]1(C)O. The quantitative estimate of drug-likeness (QED) is 0.0751. The number of aromatic nitrogens is 2. The Balaban J connectivity index is 1.75. The van der Waals surface area contributed by atoms with Gasteiger partial charge in [0.1, 0.15) is 54.4 Å². The van der Waals surface area contributed by atoms with Crippen molar-refractivity contribution in [1.82, 2.24) is 14.9 Å². The van der Waals surface area contributed by atoms with E-state index in [2.05, 4.69) is 37.6 Å². The second-order valence-electron chi connectivity index (χ2n) is 10.0. The van der Waals surface area contributed by atoms with Crippen molar-refractivity contribution in [2.45, 2.75) is 72.5 Å². The number of alkyl halides is 1. The number of nitrogens with zero attached hydrogens (tertiary/aromatic N) is 3. The van der Waals surface area contributed by atoms with Gasteiger partial charge >= 0.3 is 14.6 Å². The lowest BCUT2D eigenvalue weighted by Gasteiger charge is -2.41. The highest BCUT2D eigenvalue weighted by molar-refractivity contribution is 8.45. The molecule has 17 nitrogen and oxygen atoms in total. The van der Waals surface area contributed by atoms with Crippen molar-refractivity contribution >= 4 is 44.4 Å². The molecule has 0 saturated carbocycles. The van der Waals surface area contributed by atoms with Crippen LogP contribution in [0.5, 0.6) is 0 Å². The van der Waals surface area contributed by atoms with Gasteiger partial charge in [0.05, 0.1) is 29.8 Å². The Bertz CT molecular complexity index is 1240. The molecule has 0 amide bonds. The molecule has 2 fully saturated rings. The average molecular weight is 697 g/mol. The number of anilines is 1. The van der Waals surface area contributed by atoms with Gasteiger partial charge in [-0.3, -0.25) is 9.05 Å².